The second-order valence-corrected chi connectivity index (χ2v) is 2.61. The molecule has 64 valence electrons. The van der Waals surface area contributed by atoms with Crippen LogP contribution in [0.3, 0.4) is 0 Å². The van der Waals surface area contributed by atoms with Crippen LogP contribution in [0.4, 0.5) is 5.69 Å². The Morgan fingerprint density at radius 3 is 2.67 bits per heavy atom. The van der Waals surface area contributed by atoms with E-state index in [4.69, 9.17) is 4.52 Å². The van der Waals surface area contributed by atoms with Crippen molar-refractivity contribution in [2.24, 2.45) is 4.99 Å². The van der Waals surface area contributed by atoms with Crippen LogP contribution in [0, 0.1) is 0 Å². The summed E-state index contributed by atoms with van der Waals surface area (Å²) in [6.07, 6.45) is 0. The zero-order valence-electron chi connectivity index (χ0n) is 6.73. The normalized spacial score (nSPS) is 12.2. The standard InChI is InChI=1S/C8H10NO2P/c1-7(11-12-10)9-8-5-3-2-4-6-8/h2-6H,12H2,1H3. The molecule has 0 saturated heterocycles. The van der Waals surface area contributed by atoms with Gasteiger partial charge in [-0.15, -0.1) is 0 Å². The fraction of sp³-hybridized carbons (Fsp3) is 0.125. The zero-order chi connectivity index (χ0) is 8.81. The Hall–Kier alpha value is -1.08. The summed E-state index contributed by atoms with van der Waals surface area (Å²) in [6, 6.07) is 9.39. The molecule has 0 bridgehead atoms. The van der Waals surface area contributed by atoms with E-state index in [9.17, 15) is 4.57 Å². The molecule has 0 fully saturated rings. The van der Waals surface area contributed by atoms with Crippen LogP contribution >= 0.6 is 8.69 Å². The molecule has 0 aliphatic heterocycles. The summed E-state index contributed by atoms with van der Waals surface area (Å²) in [5.41, 5.74) is 0.808. The number of para-hydroxylation sites is 1. The van der Waals surface area contributed by atoms with Crippen LogP contribution in [0.15, 0.2) is 35.3 Å². The zero-order valence-corrected chi connectivity index (χ0v) is 7.88. The third kappa shape index (κ3) is 2.89. The summed E-state index contributed by atoms with van der Waals surface area (Å²) >= 11 is 0. The lowest BCUT2D eigenvalue weighted by molar-refractivity contribution is 0.520. The van der Waals surface area contributed by atoms with Crippen LogP contribution in [0.2, 0.25) is 0 Å². The van der Waals surface area contributed by atoms with Gasteiger partial charge >= 0.3 is 0 Å². The fourth-order valence-electron chi connectivity index (χ4n) is 0.780. The third-order valence-electron chi connectivity index (χ3n) is 1.26. The van der Waals surface area contributed by atoms with Gasteiger partial charge in [0, 0.05) is 6.92 Å². The van der Waals surface area contributed by atoms with Crippen molar-refractivity contribution in [2.75, 3.05) is 0 Å². The molecule has 1 aromatic carbocycles. The summed E-state index contributed by atoms with van der Waals surface area (Å²) in [4.78, 5) is 4.06. The van der Waals surface area contributed by atoms with Crippen molar-refractivity contribution in [3.05, 3.63) is 30.3 Å². The van der Waals surface area contributed by atoms with Gasteiger partial charge in [0.15, 0.2) is 5.90 Å². The molecule has 1 unspecified atom stereocenters. The minimum Gasteiger partial charge on any atom is -0.433 e. The predicted octanol–water partition coefficient (Wildman–Crippen LogP) is 2.42. The van der Waals surface area contributed by atoms with Crippen molar-refractivity contribution in [1.82, 2.24) is 0 Å². The van der Waals surface area contributed by atoms with E-state index in [0.717, 1.165) is 5.69 Å². The molecular formula is C8H10NO2P. The average Bonchev–Trinajstić information content (AvgIpc) is 2.06. The minimum absolute atomic E-state index is 0.436. The quantitative estimate of drug-likeness (QED) is 0.401. The van der Waals surface area contributed by atoms with Crippen LogP contribution in [0.1, 0.15) is 6.92 Å². The molecule has 0 amide bonds. The molecule has 0 spiro atoms. The van der Waals surface area contributed by atoms with Crippen LogP contribution in [0.25, 0.3) is 0 Å². The van der Waals surface area contributed by atoms with Crippen molar-refractivity contribution < 1.29 is 9.09 Å². The predicted molar refractivity (Wildman–Crippen MR) is 50.7 cm³/mol. The lowest BCUT2D eigenvalue weighted by Gasteiger charge is -1.96. The second kappa shape index (κ2) is 4.73. The van der Waals surface area contributed by atoms with Gasteiger partial charge in [-0.3, -0.25) is 4.57 Å². The molecule has 0 heterocycles. The molecule has 1 aromatic rings. The lowest BCUT2D eigenvalue weighted by Crippen LogP contribution is -1.86. The Morgan fingerprint density at radius 2 is 2.08 bits per heavy atom. The molecule has 0 N–H and O–H groups in total. The summed E-state index contributed by atoms with van der Waals surface area (Å²) in [5.74, 6) is 0.436. The molecular weight excluding hydrogens is 173 g/mol. The summed E-state index contributed by atoms with van der Waals surface area (Å²) < 4.78 is 14.8. The van der Waals surface area contributed by atoms with Gasteiger partial charge in [0.25, 0.3) is 0 Å². The SMILES string of the molecule is CC(=Nc1ccccc1)O[PH2]=O. The van der Waals surface area contributed by atoms with Crippen molar-refractivity contribution in [3.63, 3.8) is 0 Å². The molecule has 0 aliphatic rings. The first kappa shape index (κ1) is 9.01. The molecule has 0 aliphatic carbocycles. The van der Waals surface area contributed by atoms with E-state index in [2.05, 4.69) is 4.99 Å². The topological polar surface area (TPSA) is 38.7 Å². The Balaban J connectivity index is 2.74. The van der Waals surface area contributed by atoms with Crippen molar-refractivity contribution >= 4 is 20.3 Å². The van der Waals surface area contributed by atoms with E-state index in [-0.39, 0.29) is 0 Å². The number of hydrogen-bond donors (Lipinski definition) is 0. The lowest BCUT2D eigenvalue weighted by atomic mass is 10.3. The van der Waals surface area contributed by atoms with E-state index in [1.54, 1.807) is 6.92 Å². The highest BCUT2D eigenvalue weighted by Gasteiger charge is 1.89. The number of hydrogen-bond acceptors (Lipinski definition) is 3. The summed E-state index contributed by atoms with van der Waals surface area (Å²) in [7, 11) is -1.21. The fourth-order valence-corrected chi connectivity index (χ4v) is 0.972. The Kier molecular flexibility index (Phi) is 3.55. The first-order valence-corrected chi connectivity index (χ1v) is 4.48. The van der Waals surface area contributed by atoms with Gasteiger partial charge in [0.1, 0.15) is 0 Å². The van der Waals surface area contributed by atoms with E-state index in [1.807, 2.05) is 30.3 Å². The molecule has 12 heavy (non-hydrogen) atoms. The second-order valence-electron chi connectivity index (χ2n) is 2.18. The van der Waals surface area contributed by atoms with Gasteiger partial charge in [-0.05, 0) is 12.1 Å². The average molecular weight is 183 g/mol. The molecule has 0 aromatic heterocycles. The van der Waals surface area contributed by atoms with Gasteiger partial charge < -0.3 is 4.52 Å². The molecule has 0 saturated carbocycles. The molecule has 0 radical (unpaired) electrons. The maximum absolute atomic E-state index is 10.1. The molecule has 3 nitrogen and oxygen atoms in total. The smallest absolute Gasteiger partial charge is 0.227 e. The van der Waals surface area contributed by atoms with Gasteiger partial charge in [-0.1, -0.05) is 18.2 Å². The molecule has 1 rings (SSSR count). The first-order chi connectivity index (χ1) is 5.83. The van der Waals surface area contributed by atoms with Crippen LogP contribution in [0.5, 0.6) is 0 Å². The largest absolute Gasteiger partial charge is 0.433 e. The van der Waals surface area contributed by atoms with E-state index >= 15 is 0 Å². The molecule has 4 heteroatoms. The van der Waals surface area contributed by atoms with Crippen LogP contribution < -0.4 is 0 Å². The molecule has 1 atom stereocenters. The van der Waals surface area contributed by atoms with Gasteiger partial charge in [-0.25, -0.2) is 4.99 Å². The number of rotatable bonds is 2. The maximum atomic E-state index is 10.1. The van der Waals surface area contributed by atoms with Crippen molar-refractivity contribution in [2.45, 2.75) is 6.92 Å². The highest BCUT2D eigenvalue weighted by Crippen LogP contribution is 2.11. The number of nitrogens with zero attached hydrogens (tertiary/aromatic N) is 1. The third-order valence-corrected chi connectivity index (χ3v) is 1.70. The Morgan fingerprint density at radius 1 is 1.42 bits per heavy atom. The van der Waals surface area contributed by atoms with Crippen LogP contribution in [-0.4, -0.2) is 5.90 Å². The highest BCUT2D eigenvalue weighted by molar-refractivity contribution is 7.18. The summed E-state index contributed by atoms with van der Waals surface area (Å²) in [5, 5.41) is 0. The van der Waals surface area contributed by atoms with Gasteiger partial charge in [0.05, 0.1) is 5.69 Å². The van der Waals surface area contributed by atoms with Crippen LogP contribution in [-0.2, 0) is 9.09 Å². The van der Waals surface area contributed by atoms with Crippen molar-refractivity contribution in [1.29, 1.82) is 0 Å². The van der Waals surface area contributed by atoms with E-state index in [1.165, 1.54) is 0 Å². The number of benzene rings is 1. The van der Waals surface area contributed by atoms with Gasteiger partial charge in [0.2, 0.25) is 8.69 Å². The minimum atomic E-state index is -1.21. The monoisotopic (exact) mass is 183 g/mol. The van der Waals surface area contributed by atoms with E-state index < -0.39 is 8.69 Å². The van der Waals surface area contributed by atoms with E-state index in [0.29, 0.717) is 5.90 Å². The Bertz CT molecular complexity index is 284. The number of aliphatic imine (C=N–C) groups is 1. The maximum Gasteiger partial charge on any atom is 0.227 e. The Labute approximate surface area is 72.4 Å². The van der Waals surface area contributed by atoms with Gasteiger partial charge in [-0.2, -0.15) is 0 Å². The van der Waals surface area contributed by atoms with Crippen molar-refractivity contribution in [3.8, 4) is 0 Å². The summed E-state index contributed by atoms with van der Waals surface area (Å²) in [6.45, 7) is 1.68. The highest BCUT2D eigenvalue weighted by atomic mass is 31.1. The first-order valence-electron chi connectivity index (χ1n) is 3.53.